The van der Waals surface area contributed by atoms with Gasteiger partial charge >= 0.3 is 0 Å². The lowest BCUT2D eigenvalue weighted by Gasteiger charge is -1.86. The predicted molar refractivity (Wildman–Crippen MR) is 39.9 cm³/mol. The fraction of sp³-hybridized carbons (Fsp3) is 0.167. The average molecular weight is 151 g/mol. The van der Waals surface area contributed by atoms with Gasteiger partial charge in [0, 0.05) is 0 Å². The van der Waals surface area contributed by atoms with Crippen LogP contribution in [-0.2, 0) is 0 Å². The molecule has 0 saturated heterocycles. The molecule has 4 heteroatoms. The maximum Gasteiger partial charge on any atom is 0.124 e. The van der Waals surface area contributed by atoms with Crippen LogP contribution in [0.4, 0.5) is 0 Å². The molecule has 0 atom stereocenters. The average Bonchev–Trinajstić information content (AvgIpc) is 2.33. The molecule has 0 aliphatic carbocycles. The Morgan fingerprint density at radius 3 is 3.20 bits per heavy atom. The van der Waals surface area contributed by atoms with Gasteiger partial charge in [0.1, 0.15) is 5.52 Å². The lowest BCUT2D eigenvalue weighted by molar-refractivity contribution is 1.02. The van der Waals surface area contributed by atoms with Crippen molar-refractivity contribution in [1.82, 2.24) is 14.6 Å². The van der Waals surface area contributed by atoms with Gasteiger partial charge in [-0.2, -0.15) is 9.47 Å². The van der Waals surface area contributed by atoms with Gasteiger partial charge in [-0.1, -0.05) is 0 Å². The summed E-state index contributed by atoms with van der Waals surface area (Å²) in [4.78, 5) is 0. The molecule has 0 fully saturated rings. The van der Waals surface area contributed by atoms with Gasteiger partial charge < -0.3 is 0 Å². The molecule has 2 rings (SSSR count). The predicted octanol–water partition coefficient (Wildman–Crippen LogP) is 1.39. The van der Waals surface area contributed by atoms with Crippen LogP contribution in [-0.4, -0.2) is 14.6 Å². The van der Waals surface area contributed by atoms with E-state index in [0.717, 1.165) is 15.9 Å². The lowest BCUT2D eigenvalue weighted by Crippen LogP contribution is -1.82. The minimum Gasteiger partial charge on any atom is -0.198 e. The largest absolute Gasteiger partial charge is 0.198 e. The molecular formula is C6H5N3S. The smallest absolute Gasteiger partial charge is 0.124 e. The van der Waals surface area contributed by atoms with E-state index < -0.39 is 0 Å². The Bertz CT molecular complexity index is 355. The van der Waals surface area contributed by atoms with Gasteiger partial charge in [0.2, 0.25) is 0 Å². The highest BCUT2D eigenvalue weighted by atomic mass is 32.1. The van der Waals surface area contributed by atoms with Crippen LogP contribution >= 0.6 is 11.5 Å². The molecule has 2 aromatic heterocycles. The van der Waals surface area contributed by atoms with Gasteiger partial charge in [-0.15, -0.1) is 5.10 Å². The van der Waals surface area contributed by atoms with Crippen LogP contribution in [0.25, 0.3) is 10.2 Å². The molecule has 0 aromatic carbocycles. The first kappa shape index (κ1) is 5.73. The van der Waals surface area contributed by atoms with Crippen molar-refractivity contribution in [2.75, 3.05) is 0 Å². The fourth-order valence-electron chi connectivity index (χ4n) is 0.770. The number of hydrogen-bond acceptors (Lipinski definition) is 4. The molecule has 0 radical (unpaired) electrons. The minimum atomic E-state index is 0.885. The first-order valence-corrected chi connectivity index (χ1v) is 3.68. The van der Waals surface area contributed by atoms with E-state index in [9.17, 15) is 0 Å². The number of aromatic nitrogens is 3. The fourth-order valence-corrected chi connectivity index (χ4v) is 1.45. The van der Waals surface area contributed by atoms with Crippen molar-refractivity contribution in [3.8, 4) is 0 Å². The summed E-state index contributed by atoms with van der Waals surface area (Å²) < 4.78 is 5.09. The van der Waals surface area contributed by atoms with Crippen molar-refractivity contribution < 1.29 is 0 Å². The zero-order chi connectivity index (χ0) is 6.97. The highest BCUT2D eigenvalue weighted by molar-refractivity contribution is 7.13. The number of aryl methyl sites for hydroxylation is 1. The SMILES string of the molecule is Cc1cc2sncc2nn1. The summed E-state index contributed by atoms with van der Waals surface area (Å²) in [7, 11) is 0. The Kier molecular flexibility index (Phi) is 1.14. The van der Waals surface area contributed by atoms with Crippen LogP contribution in [0.2, 0.25) is 0 Å². The van der Waals surface area contributed by atoms with E-state index in [2.05, 4.69) is 14.6 Å². The summed E-state index contributed by atoms with van der Waals surface area (Å²) in [6, 6.07) is 1.99. The third-order valence-corrected chi connectivity index (χ3v) is 1.97. The molecule has 2 aromatic rings. The van der Waals surface area contributed by atoms with E-state index in [1.54, 1.807) is 6.20 Å². The number of rotatable bonds is 0. The van der Waals surface area contributed by atoms with Crippen molar-refractivity contribution in [2.24, 2.45) is 0 Å². The summed E-state index contributed by atoms with van der Waals surface area (Å²) in [6.07, 6.45) is 1.73. The van der Waals surface area contributed by atoms with Gasteiger partial charge in [-0.3, -0.25) is 0 Å². The highest BCUT2D eigenvalue weighted by Crippen LogP contribution is 2.14. The summed E-state index contributed by atoms with van der Waals surface area (Å²) in [5.74, 6) is 0. The molecule has 0 aliphatic heterocycles. The molecule has 0 bridgehead atoms. The Balaban J connectivity index is 2.86. The van der Waals surface area contributed by atoms with Gasteiger partial charge in [-0.25, -0.2) is 0 Å². The second-order valence-electron chi connectivity index (χ2n) is 2.06. The van der Waals surface area contributed by atoms with Gasteiger partial charge in [0.25, 0.3) is 0 Å². The maximum atomic E-state index is 3.98. The van der Waals surface area contributed by atoms with E-state index in [-0.39, 0.29) is 0 Å². The molecule has 2 heterocycles. The molecule has 0 saturated carbocycles. The van der Waals surface area contributed by atoms with Crippen LogP contribution in [0.1, 0.15) is 5.69 Å². The van der Waals surface area contributed by atoms with Crippen LogP contribution < -0.4 is 0 Å². The summed E-state index contributed by atoms with van der Waals surface area (Å²) in [5.41, 5.74) is 1.83. The second-order valence-corrected chi connectivity index (χ2v) is 2.89. The Morgan fingerprint density at radius 2 is 2.30 bits per heavy atom. The zero-order valence-corrected chi connectivity index (χ0v) is 6.22. The zero-order valence-electron chi connectivity index (χ0n) is 5.40. The first-order valence-electron chi connectivity index (χ1n) is 2.91. The third kappa shape index (κ3) is 0.769. The van der Waals surface area contributed by atoms with Crippen LogP contribution in [0.5, 0.6) is 0 Å². The number of hydrogen-bond donors (Lipinski definition) is 0. The van der Waals surface area contributed by atoms with Crippen LogP contribution in [0.15, 0.2) is 12.3 Å². The molecule has 0 spiro atoms. The standard InChI is InChI=1S/C6H5N3S/c1-4-2-6-5(9-8-4)3-7-10-6/h2-3H,1H3. The molecule has 0 N–H and O–H groups in total. The van der Waals surface area contributed by atoms with Crippen LogP contribution in [0, 0.1) is 6.92 Å². The van der Waals surface area contributed by atoms with E-state index in [4.69, 9.17) is 0 Å². The van der Waals surface area contributed by atoms with Crippen molar-refractivity contribution >= 4 is 21.7 Å². The second kappa shape index (κ2) is 1.98. The number of nitrogens with zero attached hydrogens (tertiary/aromatic N) is 3. The van der Waals surface area contributed by atoms with E-state index in [0.29, 0.717) is 0 Å². The molecular weight excluding hydrogens is 146 g/mol. The van der Waals surface area contributed by atoms with Crippen molar-refractivity contribution in [3.63, 3.8) is 0 Å². The monoisotopic (exact) mass is 151 g/mol. The van der Waals surface area contributed by atoms with Gasteiger partial charge in [0.05, 0.1) is 16.6 Å². The quantitative estimate of drug-likeness (QED) is 0.571. The van der Waals surface area contributed by atoms with Crippen molar-refractivity contribution in [3.05, 3.63) is 18.0 Å². The van der Waals surface area contributed by atoms with E-state index in [1.165, 1.54) is 11.5 Å². The van der Waals surface area contributed by atoms with Gasteiger partial charge in [-0.05, 0) is 24.5 Å². The maximum absolute atomic E-state index is 3.98. The molecule has 0 aliphatic rings. The molecule has 50 valence electrons. The molecule has 0 unspecified atom stereocenters. The van der Waals surface area contributed by atoms with E-state index in [1.807, 2.05) is 13.0 Å². The van der Waals surface area contributed by atoms with Crippen molar-refractivity contribution in [2.45, 2.75) is 6.92 Å². The lowest BCUT2D eigenvalue weighted by atomic mass is 10.4. The summed E-state index contributed by atoms with van der Waals surface area (Å²) in [6.45, 7) is 1.92. The molecule has 3 nitrogen and oxygen atoms in total. The third-order valence-electron chi connectivity index (χ3n) is 1.23. The normalized spacial score (nSPS) is 10.5. The highest BCUT2D eigenvalue weighted by Gasteiger charge is 1.96. The summed E-state index contributed by atoms with van der Waals surface area (Å²) >= 11 is 1.45. The Labute approximate surface area is 61.9 Å². The topological polar surface area (TPSA) is 38.7 Å². The Hall–Kier alpha value is -1.03. The van der Waals surface area contributed by atoms with Gasteiger partial charge in [0.15, 0.2) is 0 Å². The van der Waals surface area contributed by atoms with E-state index >= 15 is 0 Å². The minimum absolute atomic E-state index is 0.885. The molecule has 10 heavy (non-hydrogen) atoms. The van der Waals surface area contributed by atoms with Crippen LogP contribution in [0.3, 0.4) is 0 Å². The molecule has 0 amide bonds. The summed E-state index contributed by atoms with van der Waals surface area (Å²) in [5, 5.41) is 7.83. The number of fused-ring (bicyclic) bond motifs is 1. The first-order chi connectivity index (χ1) is 4.86. The Morgan fingerprint density at radius 1 is 1.40 bits per heavy atom. The van der Waals surface area contributed by atoms with Crippen molar-refractivity contribution in [1.29, 1.82) is 0 Å².